The molecule has 0 aliphatic rings. The van der Waals surface area contributed by atoms with Gasteiger partial charge in [-0.2, -0.15) is 0 Å². The molecule has 0 amide bonds. The molecule has 2 rings (SSSR count). The highest BCUT2D eigenvalue weighted by Crippen LogP contribution is 2.26. The minimum atomic E-state index is -0.290. The third-order valence-corrected chi connectivity index (χ3v) is 4.27. The number of hydrogen-bond acceptors (Lipinski definition) is 4. The Morgan fingerprint density at radius 3 is 2.44 bits per heavy atom. The molecule has 1 heterocycles. The van der Waals surface area contributed by atoms with E-state index in [4.69, 9.17) is 16.3 Å². The van der Waals surface area contributed by atoms with Gasteiger partial charge < -0.3 is 4.74 Å². The van der Waals surface area contributed by atoms with Gasteiger partial charge >= 0.3 is 5.97 Å². The average Bonchev–Trinajstić information content (AvgIpc) is 2.63. The van der Waals surface area contributed by atoms with Crippen molar-refractivity contribution in [2.45, 2.75) is 58.8 Å². The van der Waals surface area contributed by atoms with Crippen LogP contribution in [0.5, 0.6) is 5.75 Å². The molecule has 0 N–H and O–H groups in total. The Balaban J connectivity index is 1.88. The molecule has 0 radical (unpaired) electrons. The fraction of sp³-hybridized carbons (Fsp3) is 0.450. The first-order valence-corrected chi connectivity index (χ1v) is 9.29. The molecular weight excluding hydrogens is 336 g/mol. The molecule has 1 aromatic carbocycles. The number of carbonyl (C=O) groups excluding carboxylic acids is 1. The summed E-state index contributed by atoms with van der Waals surface area (Å²) in [6.45, 7) is 3.95. The predicted molar refractivity (Wildman–Crippen MR) is 100 cm³/mol. The summed E-state index contributed by atoms with van der Waals surface area (Å²) in [4.78, 5) is 20.2. The minimum Gasteiger partial charge on any atom is -0.425 e. The maximum Gasteiger partial charge on any atom is 0.310 e. The molecule has 0 spiro atoms. The molecule has 0 saturated carbocycles. The lowest BCUT2D eigenvalue weighted by molar-refractivity contribution is -0.134. The molecule has 25 heavy (non-hydrogen) atoms. The van der Waals surface area contributed by atoms with Crippen LogP contribution in [0.15, 0.2) is 30.6 Å². The van der Waals surface area contributed by atoms with Crippen molar-refractivity contribution in [3.63, 3.8) is 0 Å². The van der Waals surface area contributed by atoms with Crippen LogP contribution < -0.4 is 4.74 Å². The van der Waals surface area contributed by atoms with E-state index in [2.05, 4.69) is 16.9 Å². The molecule has 0 fully saturated rings. The summed E-state index contributed by atoms with van der Waals surface area (Å²) in [5.41, 5.74) is 2.26. The molecule has 0 atom stereocenters. The average molecular weight is 361 g/mol. The zero-order valence-corrected chi connectivity index (χ0v) is 15.7. The fourth-order valence-corrected chi connectivity index (χ4v) is 2.69. The van der Waals surface area contributed by atoms with Crippen LogP contribution in [-0.2, 0) is 24.1 Å². The second-order valence-corrected chi connectivity index (χ2v) is 6.46. The third kappa shape index (κ3) is 6.46. The van der Waals surface area contributed by atoms with E-state index in [1.54, 1.807) is 13.0 Å². The van der Waals surface area contributed by atoms with Gasteiger partial charge in [0, 0.05) is 25.2 Å². The van der Waals surface area contributed by atoms with Crippen LogP contribution >= 0.6 is 11.6 Å². The molecule has 0 unspecified atom stereocenters. The highest BCUT2D eigenvalue weighted by atomic mass is 35.5. The molecule has 0 aliphatic heterocycles. The van der Waals surface area contributed by atoms with Crippen LogP contribution in [0.3, 0.4) is 0 Å². The van der Waals surface area contributed by atoms with Gasteiger partial charge in [-0.05, 0) is 42.5 Å². The van der Waals surface area contributed by atoms with E-state index >= 15 is 0 Å². The van der Waals surface area contributed by atoms with Crippen molar-refractivity contribution in [2.24, 2.45) is 0 Å². The van der Waals surface area contributed by atoms with Crippen molar-refractivity contribution in [3.05, 3.63) is 52.6 Å². The highest BCUT2D eigenvalue weighted by Gasteiger charge is 2.08. The topological polar surface area (TPSA) is 52.1 Å². The maximum absolute atomic E-state index is 11.3. The van der Waals surface area contributed by atoms with Gasteiger partial charge in [0.05, 0.1) is 5.02 Å². The van der Waals surface area contributed by atoms with Crippen molar-refractivity contribution in [2.75, 3.05) is 0 Å². The van der Waals surface area contributed by atoms with Crippen molar-refractivity contribution in [3.8, 4) is 5.75 Å². The zero-order valence-electron chi connectivity index (χ0n) is 14.9. The monoisotopic (exact) mass is 360 g/mol. The number of halogens is 1. The summed E-state index contributed by atoms with van der Waals surface area (Å²) in [7, 11) is 0. The van der Waals surface area contributed by atoms with Crippen LogP contribution in [0, 0.1) is 0 Å². The van der Waals surface area contributed by atoms with E-state index in [-0.39, 0.29) is 5.97 Å². The Bertz CT molecular complexity index is 687. The number of esters is 1. The van der Waals surface area contributed by atoms with Gasteiger partial charge in [-0.1, -0.05) is 44.4 Å². The largest absolute Gasteiger partial charge is 0.425 e. The summed E-state index contributed by atoms with van der Waals surface area (Å²) in [5.74, 6) is 0.948. The highest BCUT2D eigenvalue weighted by molar-refractivity contribution is 6.32. The summed E-state index contributed by atoms with van der Waals surface area (Å²) >= 11 is 6.18. The number of aryl methyl sites for hydroxylation is 3. The number of nitrogens with zero attached hydrogens (tertiary/aromatic N) is 2. The van der Waals surface area contributed by atoms with Crippen molar-refractivity contribution < 1.29 is 9.53 Å². The van der Waals surface area contributed by atoms with Crippen LogP contribution in [0.25, 0.3) is 0 Å². The molecule has 4 nitrogen and oxygen atoms in total. The quantitative estimate of drug-likeness (QED) is 0.360. The van der Waals surface area contributed by atoms with Crippen LogP contribution in [0.1, 0.15) is 56.5 Å². The van der Waals surface area contributed by atoms with Crippen LogP contribution in [-0.4, -0.2) is 15.9 Å². The van der Waals surface area contributed by atoms with E-state index in [0.29, 0.717) is 17.2 Å². The Morgan fingerprint density at radius 2 is 1.80 bits per heavy atom. The van der Waals surface area contributed by atoms with Gasteiger partial charge in [0.15, 0.2) is 0 Å². The second kappa shape index (κ2) is 10.1. The Hall–Kier alpha value is -1.94. The molecule has 0 bridgehead atoms. The smallest absolute Gasteiger partial charge is 0.310 e. The first-order chi connectivity index (χ1) is 12.1. The Morgan fingerprint density at radius 1 is 1.04 bits per heavy atom. The number of ether oxygens (including phenoxy) is 1. The van der Waals surface area contributed by atoms with Gasteiger partial charge in [0.1, 0.15) is 11.6 Å². The standard InChI is InChI=1S/C20H25ClN2O2/c1-3-5-6-7-16-13-22-19(23-14-16)11-9-15-8-10-18(17(21)12-15)25-20(24)4-2/h8,10,12-14H,3-7,9,11H2,1-2H3. The number of hydrogen-bond donors (Lipinski definition) is 0. The second-order valence-electron chi connectivity index (χ2n) is 6.06. The number of aromatic nitrogens is 2. The summed E-state index contributed by atoms with van der Waals surface area (Å²) in [6, 6.07) is 5.49. The fourth-order valence-electron chi connectivity index (χ4n) is 2.45. The third-order valence-electron chi connectivity index (χ3n) is 3.97. The Labute approximate surface area is 154 Å². The molecule has 0 saturated heterocycles. The number of rotatable bonds is 9. The maximum atomic E-state index is 11.3. The van der Waals surface area contributed by atoms with E-state index in [0.717, 1.165) is 30.7 Å². The van der Waals surface area contributed by atoms with E-state index in [1.807, 2.05) is 24.5 Å². The van der Waals surface area contributed by atoms with E-state index in [9.17, 15) is 4.79 Å². The molecular formula is C20H25ClN2O2. The lowest BCUT2D eigenvalue weighted by Crippen LogP contribution is -2.06. The summed E-state index contributed by atoms with van der Waals surface area (Å²) in [5, 5.41) is 0.450. The van der Waals surface area contributed by atoms with Crippen molar-refractivity contribution >= 4 is 17.6 Å². The first kappa shape index (κ1) is 19.4. The van der Waals surface area contributed by atoms with Crippen LogP contribution in [0.2, 0.25) is 5.02 Å². The number of unbranched alkanes of at least 4 members (excludes halogenated alkanes) is 2. The number of carbonyl (C=O) groups is 1. The molecule has 0 aliphatic carbocycles. The SMILES string of the molecule is CCCCCc1cnc(CCc2ccc(OC(=O)CC)c(Cl)c2)nc1. The van der Waals surface area contributed by atoms with Gasteiger partial charge in [0.25, 0.3) is 0 Å². The Kier molecular flexibility index (Phi) is 7.86. The van der Waals surface area contributed by atoms with E-state index < -0.39 is 0 Å². The summed E-state index contributed by atoms with van der Waals surface area (Å²) in [6.07, 6.45) is 10.4. The van der Waals surface area contributed by atoms with Crippen molar-refractivity contribution in [1.82, 2.24) is 9.97 Å². The van der Waals surface area contributed by atoms with Gasteiger partial charge in [-0.3, -0.25) is 4.79 Å². The molecule has 1 aromatic heterocycles. The number of benzene rings is 1. The van der Waals surface area contributed by atoms with Gasteiger partial charge in [-0.25, -0.2) is 9.97 Å². The first-order valence-electron chi connectivity index (χ1n) is 8.91. The summed E-state index contributed by atoms with van der Waals surface area (Å²) < 4.78 is 5.17. The minimum absolute atomic E-state index is 0.290. The molecule has 5 heteroatoms. The van der Waals surface area contributed by atoms with Gasteiger partial charge in [0.2, 0.25) is 0 Å². The van der Waals surface area contributed by atoms with Gasteiger partial charge in [-0.15, -0.1) is 0 Å². The molecule has 134 valence electrons. The molecule has 2 aromatic rings. The lowest BCUT2D eigenvalue weighted by atomic mass is 10.1. The predicted octanol–water partition coefficient (Wildman–Crippen LogP) is 4.96. The van der Waals surface area contributed by atoms with Crippen LogP contribution in [0.4, 0.5) is 0 Å². The van der Waals surface area contributed by atoms with E-state index in [1.165, 1.54) is 24.8 Å². The normalized spacial score (nSPS) is 10.7. The van der Waals surface area contributed by atoms with Crippen molar-refractivity contribution in [1.29, 1.82) is 0 Å². The zero-order chi connectivity index (χ0) is 18.1. The lowest BCUT2D eigenvalue weighted by Gasteiger charge is -2.07.